The van der Waals surface area contributed by atoms with Gasteiger partial charge in [0.2, 0.25) is 0 Å². The van der Waals surface area contributed by atoms with E-state index in [2.05, 4.69) is 45.9 Å². The first-order valence-electron chi connectivity index (χ1n) is 7.39. The zero-order valence-corrected chi connectivity index (χ0v) is 12.5. The summed E-state index contributed by atoms with van der Waals surface area (Å²) in [5, 5.41) is 12.0. The van der Waals surface area contributed by atoms with E-state index in [1.807, 2.05) is 6.07 Å². The molecule has 0 unspecified atom stereocenters. The molecule has 0 aliphatic carbocycles. The van der Waals surface area contributed by atoms with Gasteiger partial charge in [-0.3, -0.25) is 10.1 Å². The highest BCUT2D eigenvalue weighted by Gasteiger charge is 2.11. The van der Waals surface area contributed by atoms with Crippen molar-refractivity contribution in [2.24, 2.45) is 0 Å². The van der Waals surface area contributed by atoms with Crippen LogP contribution >= 0.6 is 0 Å². The zero-order chi connectivity index (χ0) is 16.0. The van der Waals surface area contributed by atoms with Gasteiger partial charge in [-0.05, 0) is 37.3 Å². The molecule has 0 spiro atoms. The first-order valence-corrected chi connectivity index (χ1v) is 7.39. The summed E-state index contributed by atoms with van der Waals surface area (Å²) in [6, 6.07) is 12.9. The molecule has 0 bridgehead atoms. The molecule has 0 saturated heterocycles. The Morgan fingerprint density at radius 1 is 1.22 bits per heavy atom. The fourth-order valence-electron chi connectivity index (χ4n) is 2.87. The Bertz CT molecular complexity index is 1050. The van der Waals surface area contributed by atoms with Crippen LogP contribution in [0.1, 0.15) is 6.92 Å². The second-order valence-electron chi connectivity index (χ2n) is 5.42. The number of nitro benzene ring substituents is 1. The van der Waals surface area contributed by atoms with Gasteiger partial charge in [0.15, 0.2) is 0 Å². The lowest BCUT2D eigenvalue weighted by Gasteiger charge is -2.01. The molecule has 0 amide bonds. The number of rotatable bonds is 3. The molecule has 0 atom stereocenters. The summed E-state index contributed by atoms with van der Waals surface area (Å²) in [5.41, 5.74) is 3.59. The van der Waals surface area contributed by atoms with Crippen LogP contribution in [-0.2, 0) is 6.54 Å². The Balaban J connectivity index is 1.83. The number of benzene rings is 2. The molecular weight excluding hydrogens is 292 g/mol. The van der Waals surface area contributed by atoms with Crippen LogP contribution < -0.4 is 0 Å². The third-order valence-electron chi connectivity index (χ3n) is 4.06. The summed E-state index contributed by atoms with van der Waals surface area (Å²) < 4.78 is 2.18. The molecule has 0 radical (unpaired) electrons. The second-order valence-corrected chi connectivity index (χ2v) is 5.42. The SMILES string of the molecule is CCn1ccc2cc(-c3nc4ccc([N+](=O)[O-])cc4[nH]3)ccc21. The fraction of sp³-hybridized carbons (Fsp3) is 0.118. The maximum atomic E-state index is 10.9. The van der Waals surface area contributed by atoms with Crippen molar-refractivity contribution in [2.45, 2.75) is 13.5 Å². The Morgan fingerprint density at radius 2 is 2.09 bits per heavy atom. The van der Waals surface area contributed by atoms with Crippen molar-refractivity contribution in [3.8, 4) is 11.4 Å². The van der Waals surface area contributed by atoms with Crippen LogP contribution in [0.5, 0.6) is 0 Å². The van der Waals surface area contributed by atoms with E-state index < -0.39 is 4.92 Å². The van der Waals surface area contributed by atoms with Gasteiger partial charge in [-0.25, -0.2) is 4.98 Å². The van der Waals surface area contributed by atoms with E-state index in [9.17, 15) is 10.1 Å². The van der Waals surface area contributed by atoms with Crippen LogP contribution in [0, 0.1) is 10.1 Å². The predicted octanol–water partition coefficient (Wildman–Crippen LogP) is 4.11. The number of nitrogens with zero attached hydrogens (tertiary/aromatic N) is 3. The number of nitro groups is 1. The van der Waals surface area contributed by atoms with Gasteiger partial charge in [0, 0.05) is 41.3 Å². The van der Waals surface area contributed by atoms with Gasteiger partial charge >= 0.3 is 0 Å². The lowest BCUT2D eigenvalue weighted by atomic mass is 10.1. The number of nitrogens with one attached hydrogen (secondary N) is 1. The fourth-order valence-corrected chi connectivity index (χ4v) is 2.87. The summed E-state index contributed by atoms with van der Waals surface area (Å²) in [4.78, 5) is 18.2. The van der Waals surface area contributed by atoms with Crippen molar-refractivity contribution < 1.29 is 4.92 Å². The molecule has 2 heterocycles. The quantitative estimate of drug-likeness (QED) is 0.457. The van der Waals surface area contributed by atoms with Gasteiger partial charge in [0.25, 0.3) is 5.69 Å². The molecule has 23 heavy (non-hydrogen) atoms. The minimum atomic E-state index is -0.403. The van der Waals surface area contributed by atoms with Gasteiger partial charge in [-0.2, -0.15) is 0 Å². The molecule has 6 nitrogen and oxygen atoms in total. The van der Waals surface area contributed by atoms with Crippen molar-refractivity contribution in [1.82, 2.24) is 14.5 Å². The van der Waals surface area contributed by atoms with Crippen LogP contribution in [0.25, 0.3) is 33.3 Å². The van der Waals surface area contributed by atoms with Crippen molar-refractivity contribution in [3.63, 3.8) is 0 Å². The molecule has 0 saturated carbocycles. The molecule has 6 heteroatoms. The number of H-pyrrole nitrogens is 1. The van der Waals surface area contributed by atoms with Crippen LogP contribution in [0.15, 0.2) is 48.7 Å². The van der Waals surface area contributed by atoms with Gasteiger partial charge in [0.05, 0.1) is 16.0 Å². The molecule has 114 valence electrons. The van der Waals surface area contributed by atoms with Crippen molar-refractivity contribution >= 4 is 27.6 Å². The normalized spacial score (nSPS) is 11.3. The lowest BCUT2D eigenvalue weighted by Crippen LogP contribution is -1.90. The Labute approximate surface area is 131 Å². The van der Waals surface area contributed by atoms with E-state index in [-0.39, 0.29) is 5.69 Å². The average Bonchev–Trinajstić information content (AvgIpc) is 3.16. The first-order chi connectivity index (χ1) is 11.2. The maximum Gasteiger partial charge on any atom is 0.271 e. The minimum absolute atomic E-state index is 0.0585. The monoisotopic (exact) mass is 306 g/mol. The standard InChI is InChI=1S/C17H14N4O2/c1-2-20-8-7-11-9-12(3-6-16(11)20)17-18-14-5-4-13(21(22)23)10-15(14)19-17/h3-10H,2H2,1H3,(H,18,19). The van der Waals surface area contributed by atoms with E-state index in [0.29, 0.717) is 11.3 Å². The van der Waals surface area contributed by atoms with Gasteiger partial charge < -0.3 is 9.55 Å². The molecule has 0 fully saturated rings. The number of aromatic nitrogens is 3. The molecule has 4 aromatic rings. The molecule has 2 aromatic heterocycles. The number of aromatic amines is 1. The largest absolute Gasteiger partial charge is 0.348 e. The van der Waals surface area contributed by atoms with Gasteiger partial charge in [0.1, 0.15) is 5.82 Å². The predicted molar refractivity (Wildman–Crippen MR) is 89.4 cm³/mol. The van der Waals surface area contributed by atoms with Gasteiger partial charge in [-0.1, -0.05) is 0 Å². The van der Waals surface area contributed by atoms with E-state index in [0.717, 1.165) is 23.0 Å². The molecule has 0 aliphatic rings. The molecule has 1 N–H and O–H groups in total. The van der Waals surface area contributed by atoms with Crippen LogP contribution in [0.3, 0.4) is 0 Å². The number of imidazole rings is 1. The second kappa shape index (κ2) is 4.95. The maximum absolute atomic E-state index is 10.9. The van der Waals surface area contributed by atoms with Crippen LogP contribution in [0.2, 0.25) is 0 Å². The number of aryl methyl sites for hydroxylation is 1. The average molecular weight is 306 g/mol. The van der Waals surface area contributed by atoms with Crippen molar-refractivity contribution in [2.75, 3.05) is 0 Å². The highest BCUT2D eigenvalue weighted by molar-refractivity contribution is 5.87. The smallest absolute Gasteiger partial charge is 0.271 e. The molecule has 2 aromatic carbocycles. The topological polar surface area (TPSA) is 76.8 Å². The van der Waals surface area contributed by atoms with E-state index in [1.54, 1.807) is 6.07 Å². The first kappa shape index (κ1) is 13.5. The number of fused-ring (bicyclic) bond motifs is 2. The summed E-state index contributed by atoms with van der Waals surface area (Å²) in [6.07, 6.45) is 2.07. The third kappa shape index (κ3) is 2.15. The van der Waals surface area contributed by atoms with Crippen molar-refractivity contribution in [3.05, 3.63) is 58.8 Å². The Kier molecular flexibility index (Phi) is 2.90. The van der Waals surface area contributed by atoms with Crippen molar-refractivity contribution in [1.29, 1.82) is 0 Å². The van der Waals surface area contributed by atoms with Crippen LogP contribution in [0.4, 0.5) is 5.69 Å². The number of non-ortho nitro benzene ring substituents is 1. The summed E-state index contributed by atoms with van der Waals surface area (Å²) in [6.45, 7) is 3.04. The van der Waals surface area contributed by atoms with E-state index >= 15 is 0 Å². The van der Waals surface area contributed by atoms with E-state index in [1.165, 1.54) is 17.6 Å². The highest BCUT2D eigenvalue weighted by atomic mass is 16.6. The summed E-state index contributed by atoms with van der Waals surface area (Å²) in [5.74, 6) is 0.714. The Morgan fingerprint density at radius 3 is 2.87 bits per heavy atom. The van der Waals surface area contributed by atoms with E-state index in [4.69, 9.17) is 0 Å². The third-order valence-corrected chi connectivity index (χ3v) is 4.06. The molecule has 4 rings (SSSR count). The number of hydrogen-bond acceptors (Lipinski definition) is 3. The highest BCUT2D eigenvalue weighted by Crippen LogP contribution is 2.26. The number of hydrogen-bond donors (Lipinski definition) is 1. The summed E-state index contributed by atoms with van der Waals surface area (Å²) in [7, 11) is 0. The minimum Gasteiger partial charge on any atom is -0.348 e. The lowest BCUT2D eigenvalue weighted by molar-refractivity contribution is -0.384. The molecule has 0 aliphatic heterocycles. The summed E-state index contributed by atoms with van der Waals surface area (Å²) >= 11 is 0. The van der Waals surface area contributed by atoms with Gasteiger partial charge in [-0.15, -0.1) is 0 Å². The zero-order valence-electron chi connectivity index (χ0n) is 12.5. The Hall–Kier alpha value is -3.15. The molecular formula is C17H14N4O2. The van der Waals surface area contributed by atoms with Crippen LogP contribution in [-0.4, -0.2) is 19.5 Å².